The largest absolute Gasteiger partial charge is 0.258 e. The van der Waals surface area contributed by atoms with Gasteiger partial charge in [-0.15, -0.1) is 11.3 Å². The summed E-state index contributed by atoms with van der Waals surface area (Å²) >= 11 is 1.47. The van der Waals surface area contributed by atoms with Crippen LogP contribution in [-0.2, 0) is 0 Å². The lowest BCUT2D eigenvalue weighted by atomic mass is 10.2. The van der Waals surface area contributed by atoms with Gasteiger partial charge in [0.2, 0.25) is 0 Å². The number of hydrogen-bond donors (Lipinski definition) is 1. The Morgan fingerprint density at radius 2 is 1.83 bits per heavy atom. The average molecular weight is 263 g/mol. The van der Waals surface area contributed by atoms with E-state index in [1.165, 1.54) is 29.5 Å². The van der Waals surface area contributed by atoms with Gasteiger partial charge >= 0.3 is 0 Å². The predicted octanol–water partition coefficient (Wildman–Crippen LogP) is 3.48. The normalized spacial score (nSPS) is 10.8. The van der Waals surface area contributed by atoms with Crippen molar-refractivity contribution in [2.75, 3.05) is 0 Å². The molecule has 0 bridgehead atoms. The number of halogens is 2. The van der Waals surface area contributed by atoms with Crippen molar-refractivity contribution in [2.45, 2.75) is 0 Å². The monoisotopic (exact) mass is 263 g/mol. The van der Waals surface area contributed by atoms with E-state index in [0.717, 1.165) is 4.88 Å². The molecule has 6 heteroatoms. The van der Waals surface area contributed by atoms with Crippen molar-refractivity contribution in [3.8, 4) is 22.1 Å². The highest BCUT2D eigenvalue weighted by Crippen LogP contribution is 2.26. The summed E-state index contributed by atoms with van der Waals surface area (Å²) < 4.78 is 27.1. The average Bonchev–Trinajstić information content (AvgIpc) is 2.99. The fourth-order valence-electron chi connectivity index (χ4n) is 1.61. The van der Waals surface area contributed by atoms with E-state index in [0.29, 0.717) is 5.82 Å². The summed E-state index contributed by atoms with van der Waals surface area (Å²) in [5, 5.41) is 8.42. The Hall–Kier alpha value is -2.08. The number of hydrogen-bond acceptors (Lipinski definition) is 3. The Bertz CT molecular complexity index is 656. The highest BCUT2D eigenvalue weighted by molar-refractivity contribution is 7.13. The van der Waals surface area contributed by atoms with Gasteiger partial charge in [-0.1, -0.05) is 12.1 Å². The molecule has 0 aliphatic heterocycles. The van der Waals surface area contributed by atoms with Crippen molar-refractivity contribution in [3.63, 3.8) is 0 Å². The van der Waals surface area contributed by atoms with Gasteiger partial charge in [-0.05, 0) is 23.6 Å². The Balaban J connectivity index is 2.09. The summed E-state index contributed by atoms with van der Waals surface area (Å²) in [6, 6.07) is 7.39. The zero-order valence-electron chi connectivity index (χ0n) is 9.02. The summed E-state index contributed by atoms with van der Waals surface area (Å²) in [6.07, 6.45) is 0. The van der Waals surface area contributed by atoms with Gasteiger partial charge in [0.25, 0.3) is 0 Å². The molecule has 2 heterocycles. The molecule has 0 unspecified atom stereocenters. The SMILES string of the molecule is Fc1cccc(F)c1-c1n[nH]c(-c2cccs2)n1. The van der Waals surface area contributed by atoms with Crippen molar-refractivity contribution >= 4 is 11.3 Å². The number of nitrogens with zero attached hydrogens (tertiary/aromatic N) is 2. The number of thiophene rings is 1. The molecule has 1 N–H and O–H groups in total. The molecule has 0 aliphatic rings. The number of H-pyrrole nitrogens is 1. The number of benzene rings is 1. The van der Waals surface area contributed by atoms with Crippen LogP contribution in [0.5, 0.6) is 0 Å². The molecule has 0 aliphatic carbocycles. The van der Waals surface area contributed by atoms with Gasteiger partial charge in [0.05, 0.1) is 10.4 Å². The Morgan fingerprint density at radius 3 is 2.50 bits per heavy atom. The van der Waals surface area contributed by atoms with E-state index in [1.807, 2.05) is 17.5 Å². The summed E-state index contributed by atoms with van der Waals surface area (Å²) in [4.78, 5) is 4.97. The molecule has 0 spiro atoms. The molecule has 3 aromatic rings. The molecule has 0 radical (unpaired) electrons. The van der Waals surface area contributed by atoms with E-state index in [2.05, 4.69) is 15.2 Å². The van der Waals surface area contributed by atoms with Crippen LogP contribution in [-0.4, -0.2) is 15.2 Å². The molecular formula is C12H7F2N3S. The molecule has 0 saturated carbocycles. The first kappa shape index (κ1) is 11.0. The van der Waals surface area contributed by atoms with E-state index in [9.17, 15) is 8.78 Å². The van der Waals surface area contributed by atoms with Gasteiger partial charge in [-0.3, -0.25) is 5.10 Å². The van der Waals surface area contributed by atoms with E-state index in [-0.39, 0.29) is 11.4 Å². The van der Waals surface area contributed by atoms with E-state index in [1.54, 1.807) is 0 Å². The number of nitrogens with one attached hydrogen (secondary N) is 1. The molecule has 3 rings (SSSR count). The van der Waals surface area contributed by atoms with Crippen LogP contribution in [0.25, 0.3) is 22.1 Å². The second-order valence-electron chi connectivity index (χ2n) is 3.58. The smallest absolute Gasteiger partial charge is 0.187 e. The lowest BCUT2D eigenvalue weighted by molar-refractivity contribution is 0.587. The molecule has 2 aromatic heterocycles. The number of rotatable bonds is 2. The second kappa shape index (κ2) is 4.30. The third kappa shape index (κ3) is 1.80. The highest BCUT2D eigenvalue weighted by Gasteiger charge is 2.16. The van der Waals surface area contributed by atoms with Gasteiger partial charge < -0.3 is 0 Å². The first-order valence-corrected chi connectivity index (χ1v) is 6.04. The first-order valence-electron chi connectivity index (χ1n) is 5.16. The number of aromatic amines is 1. The van der Waals surface area contributed by atoms with Crippen LogP contribution >= 0.6 is 11.3 Å². The minimum atomic E-state index is -0.674. The van der Waals surface area contributed by atoms with Gasteiger partial charge in [-0.25, -0.2) is 13.8 Å². The maximum atomic E-state index is 13.6. The van der Waals surface area contributed by atoms with Gasteiger partial charge in [0, 0.05) is 0 Å². The standard InChI is InChI=1S/C12H7F2N3S/c13-7-3-1-4-8(14)10(7)12-15-11(16-17-12)9-5-2-6-18-9/h1-6H,(H,15,16,17). The molecule has 0 atom stereocenters. The van der Waals surface area contributed by atoms with Crippen molar-refractivity contribution < 1.29 is 8.78 Å². The number of aromatic nitrogens is 3. The molecule has 90 valence electrons. The highest BCUT2D eigenvalue weighted by atomic mass is 32.1. The van der Waals surface area contributed by atoms with Gasteiger partial charge in [0.15, 0.2) is 11.6 Å². The third-order valence-electron chi connectivity index (χ3n) is 2.43. The molecule has 3 nitrogen and oxygen atoms in total. The summed E-state index contributed by atoms with van der Waals surface area (Å²) in [7, 11) is 0. The predicted molar refractivity (Wildman–Crippen MR) is 65.0 cm³/mol. The first-order chi connectivity index (χ1) is 8.75. The van der Waals surface area contributed by atoms with Crippen LogP contribution in [0, 0.1) is 11.6 Å². The fourth-order valence-corrected chi connectivity index (χ4v) is 2.27. The minimum Gasteiger partial charge on any atom is -0.258 e. The second-order valence-corrected chi connectivity index (χ2v) is 4.53. The van der Waals surface area contributed by atoms with Crippen LogP contribution in [0.4, 0.5) is 8.78 Å². The van der Waals surface area contributed by atoms with Crippen LogP contribution in [0.1, 0.15) is 0 Å². The van der Waals surface area contributed by atoms with Crippen molar-refractivity contribution in [3.05, 3.63) is 47.3 Å². The van der Waals surface area contributed by atoms with E-state index >= 15 is 0 Å². The fraction of sp³-hybridized carbons (Fsp3) is 0. The molecular weight excluding hydrogens is 256 g/mol. The molecule has 0 fully saturated rings. The Kier molecular flexibility index (Phi) is 2.64. The van der Waals surface area contributed by atoms with Gasteiger partial charge in [-0.2, -0.15) is 5.10 Å². The topological polar surface area (TPSA) is 41.6 Å². The van der Waals surface area contributed by atoms with Crippen molar-refractivity contribution in [1.29, 1.82) is 0 Å². The quantitative estimate of drug-likeness (QED) is 0.769. The summed E-state index contributed by atoms with van der Waals surface area (Å²) in [5.41, 5.74) is -0.212. The minimum absolute atomic E-state index is 0.0222. The van der Waals surface area contributed by atoms with Crippen LogP contribution in [0.2, 0.25) is 0 Å². The third-order valence-corrected chi connectivity index (χ3v) is 3.30. The molecule has 18 heavy (non-hydrogen) atoms. The van der Waals surface area contributed by atoms with Crippen molar-refractivity contribution in [2.24, 2.45) is 0 Å². The van der Waals surface area contributed by atoms with Gasteiger partial charge in [0.1, 0.15) is 11.6 Å². The zero-order chi connectivity index (χ0) is 12.5. The van der Waals surface area contributed by atoms with Crippen LogP contribution < -0.4 is 0 Å². The lowest BCUT2D eigenvalue weighted by Crippen LogP contribution is -1.91. The summed E-state index contributed by atoms with van der Waals surface area (Å²) in [5.74, 6) is -0.824. The van der Waals surface area contributed by atoms with E-state index < -0.39 is 11.6 Å². The summed E-state index contributed by atoms with van der Waals surface area (Å²) in [6.45, 7) is 0. The Labute approximate surface area is 105 Å². The Morgan fingerprint density at radius 1 is 1.06 bits per heavy atom. The van der Waals surface area contributed by atoms with Crippen LogP contribution in [0.3, 0.4) is 0 Å². The van der Waals surface area contributed by atoms with E-state index in [4.69, 9.17) is 0 Å². The maximum absolute atomic E-state index is 13.6. The lowest BCUT2D eigenvalue weighted by Gasteiger charge is -1.98. The maximum Gasteiger partial charge on any atom is 0.187 e. The van der Waals surface area contributed by atoms with Crippen LogP contribution in [0.15, 0.2) is 35.7 Å². The zero-order valence-corrected chi connectivity index (χ0v) is 9.84. The molecule has 0 amide bonds. The molecule has 0 saturated heterocycles. The van der Waals surface area contributed by atoms with Crippen molar-refractivity contribution in [1.82, 2.24) is 15.2 Å². The molecule has 1 aromatic carbocycles.